The predicted molar refractivity (Wildman–Crippen MR) is 88.3 cm³/mol. The van der Waals surface area contributed by atoms with E-state index in [4.69, 9.17) is 5.11 Å². The van der Waals surface area contributed by atoms with E-state index < -0.39 is 16.0 Å². The highest BCUT2D eigenvalue weighted by atomic mass is 32.2. The number of nitrogens with zero attached hydrogens (tertiary/aromatic N) is 1. The van der Waals surface area contributed by atoms with Crippen LogP contribution >= 0.6 is 0 Å². The van der Waals surface area contributed by atoms with E-state index in [1.807, 2.05) is 6.92 Å². The number of carboxylic acids is 1. The average Bonchev–Trinajstić information content (AvgIpc) is 2.55. The molecule has 23 heavy (non-hydrogen) atoms. The van der Waals surface area contributed by atoms with Gasteiger partial charge in [-0.2, -0.15) is 0 Å². The van der Waals surface area contributed by atoms with Gasteiger partial charge in [-0.15, -0.1) is 0 Å². The van der Waals surface area contributed by atoms with Crippen LogP contribution in [-0.2, 0) is 16.4 Å². The zero-order valence-electron chi connectivity index (χ0n) is 13.4. The van der Waals surface area contributed by atoms with Gasteiger partial charge in [-0.1, -0.05) is 19.4 Å². The first-order valence-electron chi connectivity index (χ1n) is 8.02. The van der Waals surface area contributed by atoms with E-state index in [-0.39, 0.29) is 10.5 Å². The first-order chi connectivity index (χ1) is 10.9. The molecule has 1 fully saturated rings. The van der Waals surface area contributed by atoms with Crippen molar-refractivity contribution in [3.63, 3.8) is 0 Å². The van der Waals surface area contributed by atoms with Gasteiger partial charge >= 0.3 is 5.97 Å². The lowest BCUT2D eigenvalue weighted by molar-refractivity contribution is 0.0696. The Morgan fingerprint density at radius 1 is 1.26 bits per heavy atom. The third kappa shape index (κ3) is 4.76. The van der Waals surface area contributed by atoms with Crippen LogP contribution < -0.4 is 4.72 Å². The normalized spacial score (nSPS) is 16.4. The Morgan fingerprint density at radius 3 is 2.57 bits per heavy atom. The minimum Gasteiger partial charge on any atom is -0.478 e. The first-order valence-corrected chi connectivity index (χ1v) is 9.50. The van der Waals surface area contributed by atoms with E-state index >= 15 is 0 Å². The van der Waals surface area contributed by atoms with Crippen molar-refractivity contribution in [1.29, 1.82) is 0 Å². The van der Waals surface area contributed by atoms with E-state index in [9.17, 15) is 13.2 Å². The number of piperidine rings is 1. The molecule has 0 amide bonds. The smallest absolute Gasteiger partial charge is 0.335 e. The van der Waals surface area contributed by atoms with Gasteiger partial charge < -0.3 is 10.0 Å². The van der Waals surface area contributed by atoms with Crippen LogP contribution in [-0.4, -0.2) is 50.6 Å². The predicted octanol–water partition coefficient (Wildman–Crippen LogP) is 1.71. The molecule has 0 unspecified atom stereocenters. The molecule has 2 rings (SSSR count). The Morgan fingerprint density at radius 2 is 1.96 bits per heavy atom. The summed E-state index contributed by atoms with van der Waals surface area (Å²) < 4.78 is 27.6. The monoisotopic (exact) mass is 340 g/mol. The Hall–Kier alpha value is -1.44. The fourth-order valence-electron chi connectivity index (χ4n) is 2.83. The minimum absolute atomic E-state index is 0.0152. The zero-order valence-corrected chi connectivity index (χ0v) is 14.2. The van der Waals surface area contributed by atoms with Crippen molar-refractivity contribution < 1.29 is 18.3 Å². The van der Waals surface area contributed by atoms with Gasteiger partial charge in [0.05, 0.1) is 10.5 Å². The molecule has 1 aromatic rings. The number of sulfonamides is 1. The van der Waals surface area contributed by atoms with Crippen LogP contribution in [0, 0.1) is 0 Å². The van der Waals surface area contributed by atoms with Crippen molar-refractivity contribution in [2.24, 2.45) is 0 Å². The van der Waals surface area contributed by atoms with Crippen LogP contribution in [0.25, 0.3) is 0 Å². The van der Waals surface area contributed by atoms with Crippen LogP contribution in [0.15, 0.2) is 23.1 Å². The number of nitrogens with one attached hydrogen (secondary N) is 1. The molecular formula is C16H24N2O4S. The molecule has 1 saturated heterocycles. The highest BCUT2D eigenvalue weighted by Gasteiger charge is 2.20. The van der Waals surface area contributed by atoms with Crippen LogP contribution in [0.1, 0.15) is 42.1 Å². The van der Waals surface area contributed by atoms with Crippen LogP contribution in [0.2, 0.25) is 0 Å². The number of carboxylic acid groups (broad SMARTS) is 1. The summed E-state index contributed by atoms with van der Waals surface area (Å²) in [5.74, 6) is -1.13. The number of hydrogen-bond donors (Lipinski definition) is 2. The molecule has 2 N–H and O–H groups in total. The van der Waals surface area contributed by atoms with E-state index in [1.54, 1.807) is 6.07 Å². The largest absolute Gasteiger partial charge is 0.478 e. The lowest BCUT2D eigenvalue weighted by Gasteiger charge is -2.26. The molecular weight excluding hydrogens is 316 g/mol. The Kier molecular flexibility index (Phi) is 6.15. The Labute approximate surface area is 137 Å². The zero-order chi connectivity index (χ0) is 16.9. The van der Waals surface area contributed by atoms with Gasteiger partial charge in [-0.05, 0) is 50.0 Å². The Balaban J connectivity index is 2.08. The molecule has 0 bridgehead atoms. The lowest BCUT2D eigenvalue weighted by atomic mass is 10.1. The van der Waals surface area contributed by atoms with Gasteiger partial charge in [0.25, 0.3) is 0 Å². The number of hydrogen-bond acceptors (Lipinski definition) is 4. The van der Waals surface area contributed by atoms with Crippen LogP contribution in [0.5, 0.6) is 0 Å². The highest BCUT2D eigenvalue weighted by molar-refractivity contribution is 7.89. The molecule has 0 spiro atoms. The standard InChI is InChI=1S/C16H24N2O4S/c1-2-13-6-7-14(16(19)20)12-15(13)23(21,22)17-8-11-18-9-4-3-5-10-18/h6-7,12,17H,2-5,8-11H2,1H3,(H,19,20). The lowest BCUT2D eigenvalue weighted by Crippen LogP contribution is -2.37. The SMILES string of the molecule is CCc1ccc(C(=O)O)cc1S(=O)(=O)NCCN1CCCCC1. The molecule has 0 saturated carbocycles. The summed E-state index contributed by atoms with van der Waals surface area (Å²) in [7, 11) is -3.70. The molecule has 1 heterocycles. The minimum atomic E-state index is -3.70. The maximum Gasteiger partial charge on any atom is 0.335 e. The molecule has 1 aliphatic heterocycles. The third-order valence-corrected chi connectivity index (χ3v) is 5.70. The third-order valence-electron chi connectivity index (χ3n) is 4.15. The molecule has 0 aromatic heterocycles. The van der Waals surface area contributed by atoms with E-state index in [0.29, 0.717) is 25.1 Å². The van der Waals surface area contributed by atoms with Gasteiger partial charge in [0.2, 0.25) is 10.0 Å². The van der Waals surface area contributed by atoms with E-state index in [2.05, 4.69) is 9.62 Å². The molecule has 7 heteroatoms. The second-order valence-electron chi connectivity index (χ2n) is 5.78. The molecule has 0 radical (unpaired) electrons. The number of likely N-dealkylation sites (tertiary alicyclic amines) is 1. The molecule has 1 aliphatic rings. The second kappa shape index (κ2) is 7.90. The summed E-state index contributed by atoms with van der Waals surface area (Å²) in [6.07, 6.45) is 4.09. The van der Waals surface area contributed by atoms with Gasteiger partial charge in [0, 0.05) is 13.1 Å². The molecule has 6 nitrogen and oxygen atoms in total. The maximum absolute atomic E-state index is 12.5. The molecule has 128 valence electrons. The average molecular weight is 340 g/mol. The van der Waals surface area contributed by atoms with Crippen LogP contribution in [0.4, 0.5) is 0 Å². The number of aryl methyl sites for hydroxylation is 1. The van der Waals surface area contributed by atoms with Crippen molar-refractivity contribution in [2.45, 2.75) is 37.5 Å². The van der Waals surface area contributed by atoms with Crippen molar-refractivity contribution in [3.05, 3.63) is 29.3 Å². The summed E-state index contributed by atoms with van der Waals surface area (Å²) in [5, 5.41) is 9.06. The number of benzene rings is 1. The summed E-state index contributed by atoms with van der Waals surface area (Å²) >= 11 is 0. The Bertz CT molecular complexity index is 652. The molecule has 0 atom stereocenters. The molecule has 0 aliphatic carbocycles. The van der Waals surface area contributed by atoms with Crippen LogP contribution in [0.3, 0.4) is 0 Å². The fourth-order valence-corrected chi connectivity index (χ4v) is 4.18. The van der Waals surface area contributed by atoms with Crippen molar-refractivity contribution in [2.75, 3.05) is 26.2 Å². The van der Waals surface area contributed by atoms with E-state index in [1.165, 1.54) is 18.6 Å². The van der Waals surface area contributed by atoms with Gasteiger partial charge in [-0.25, -0.2) is 17.9 Å². The van der Waals surface area contributed by atoms with Gasteiger partial charge in [-0.3, -0.25) is 0 Å². The van der Waals surface area contributed by atoms with E-state index in [0.717, 1.165) is 25.9 Å². The fraction of sp³-hybridized carbons (Fsp3) is 0.562. The number of aromatic carboxylic acids is 1. The van der Waals surface area contributed by atoms with Crippen molar-refractivity contribution in [3.8, 4) is 0 Å². The topological polar surface area (TPSA) is 86.7 Å². The second-order valence-corrected chi connectivity index (χ2v) is 7.52. The summed E-state index contributed by atoms with van der Waals surface area (Å²) in [4.78, 5) is 13.4. The van der Waals surface area contributed by atoms with Gasteiger partial charge in [0.15, 0.2) is 0 Å². The highest BCUT2D eigenvalue weighted by Crippen LogP contribution is 2.18. The summed E-state index contributed by atoms with van der Waals surface area (Å²) in [6.45, 7) is 4.89. The van der Waals surface area contributed by atoms with Crippen molar-refractivity contribution >= 4 is 16.0 Å². The number of carbonyl (C=O) groups is 1. The van der Waals surface area contributed by atoms with Gasteiger partial charge in [0.1, 0.15) is 0 Å². The first kappa shape index (κ1) is 17.9. The summed E-state index contributed by atoms with van der Waals surface area (Å²) in [6, 6.07) is 4.25. The summed E-state index contributed by atoms with van der Waals surface area (Å²) in [5.41, 5.74) is 0.610. The molecule has 1 aromatic carbocycles. The maximum atomic E-state index is 12.5. The number of rotatable bonds is 7. The quantitative estimate of drug-likeness (QED) is 0.789. The van der Waals surface area contributed by atoms with Crippen molar-refractivity contribution in [1.82, 2.24) is 9.62 Å².